The van der Waals surface area contributed by atoms with Gasteiger partial charge in [-0.15, -0.1) is 0 Å². The predicted molar refractivity (Wildman–Crippen MR) is 119 cm³/mol. The summed E-state index contributed by atoms with van der Waals surface area (Å²) in [5.41, 5.74) is 0.682. The molecule has 0 aromatic carbocycles. The number of carboxylic acids is 1. The maximum Gasteiger partial charge on any atom is 0.311 e. The molecule has 0 spiro atoms. The molecule has 0 aromatic rings. The van der Waals surface area contributed by atoms with Gasteiger partial charge in [-0.1, -0.05) is 39.0 Å². The Hall–Kier alpha value is -1.66. The summed E-state index contributed by atoms with van der Waals surface area (Å²) in [4.78, 5) is 23.6. The summed E-state index contributed by atoms with van der Waals surface area (Å²) in [6.45, 7) is 10.1. The van der Waals surface area contributed by atoms with Crippen molar-refractivity contribution in [3.63, 3.8) is 0 Å². The maximum atomic E-state index is 12.8. The van der Waals surface area contributed by atoms with Crippen molar-refractivity contribution in [3.8, 4) is 0 Å². The number of ether oxygens (including phenoxy) is 1. The molecule has 2 unspecified atom stereocenters. The second kappa shape index (κ2) is 10.8. The van der Waals surface area contributed by atoms with Crippen LogP contribution >= 0.6 is 0 Å². The molecule has 6 heteroatoms. The Bertz CT molecular complexity index is 694. The highest BCUT2D eigenvalue weighted by molar-refractivity contribution is 5.76. The number of hydrogen-bond acceptors (Lipinski definition) is 5. The number of rotatable bonds is 10. The molecular formula is C25H40O6. The zero-order chi connectivity index (χ0) is 23.3. The Balaban J connectivity index is 2.12. The summed E-state index contributed by atoms with van der Waals surface area (Å²) in [5, 5.41) is 29.0. The molecule has 176 valence electrons. The van der Waals surface area contributed by atoms with Gasteiger partial charge in [0.2, 0.25) is 0 Å². The van der Waals surface area contributed by atoms with Crippen molar-refractivity contribution in [2.24, 2.45) is 29.1 Å². The molecule has 2 rings (SSSR count). The standard InChI is InChI=1S/C25H40O6/c1-6-25(4,5)24(30)31-21-12-15(2)11-17-8-7-16(3)20(23(17)21)10-9-18(26)13-19(27)14-22(28)29/h7-8,11,15-16,18-21,23,26-27H,6,9-10,12-14H2,1-5H3,(H,28,29)/t15-,16-,18?,19?,20-,21-,23-/m1/s1. The molecular weight excluding hydrogens is 396 g/mol. The largest absolute Gasteiger partial charge is 0.481 e. The molecule has 3 N–H and O–H groups in total. The quantitative estimate of drug-likeness (QED) is 0.445. The van der Waals surface area contributed by atoms with Crippen molar-refractivity contribution in [1.82, 2.24) is 0 Å². The first-order chi connectivity index (χ1) is 14.4. The summed E-state index contributed by atoms with van der Waals surface area (Å²) < 4.78 is 6.10. The van der Waals surface area contributed by atoms with Crippen LogP contribution in [0.5, 0.6) is 0 Å². The van der Waals surface area contributed by atoms with Gasteiger partial charge in [0, 0.05) is 5.92 Å². The van der Waals surface area contributed by atoms with Crippen LogP contribution in [0.25, 0.3) is 0 Å². The fraction of sp³-hybridized carbons (Fsp3) is 0.760. The maximum absolute atomic E-state index is 12.8. The minimum atomic E-state index is -1.07. The zero-order valence-electron chi connectivity index (χ0n) is 19.6. The van der Waals surface area contributed by atoms with Crippen molar-refractivity contribution in [1.29, 1.82) is 0 Å². The van der Waals surface area contributed by atoms with Gasteiger partial charge < -0.3 is 20.1 Å². The van der Waals surface area contributed by atoms with Crippen molar-refractivity contribution in [2.75, 3.05) is 0 Å². The van der Waals surface area contributed by atoms with Gasteiger partial charge in [-0.05, 0) is 69.3 Å². The van der Waals surface area contributed by atoms with Crippen molar-refractivity contribution in [2.45, 2.75) is 91.5 Å². The number of esters is 1. The lowest BCUT2D eigenvalue weighted by molar-refractivity contribution is -0.164. The van der Waals surface area contributed by atoms with E-state index in [9.17, 15) is 19.8 Å². The summed E-state index contributed by atoms with van der Waals surface area (Å²) in [6.07, 6.45) is 6.98. The molecule has 0 aliphatic heterocycles. The van der Waals surface area contributed by atoms with E-state index in [2.05, 4.69) is 32.1 Å². The molecule has 0 amide bonds. The van der Waals surface area contributed by atoms with Gasteiger partial charge in [0.15, 0.2) is 0 Å². The number of allylic oxidation sites excluding steroid dienone is 3. The molecule has 31 heavy (non-hydrogen) atoms. The molecule has 7 atom stereocenters. The lowest BCUT2D eigenvalue weighted by atomic mass is 9.65. The van der Waals surface area contributed by atoms with E-state index in [0.29, 0.717) is 25.2 Å². The highest BCUT2D eigenvalue weighted by Crippen LogP contribution is 2.45. The van der Waals surface area contributed by atoms with Gasteiger partial charge in [-0.2, -0.15) is 0 Å². The molecule has 2 aliphatic carbocycles. The average Bonchev–Trinajstić information content (AvgIpc) is 2.66. The SMILES string of the molecule is CCC(C)(C)C(=O)O[C@@H]1C[C@H](C)C=C2C=C[C@@H](C)[C@@H](CCC(O)CC(O)CC(=O)O)[C@@H]21. The highest BCUT2D eigenvalue weighted by atomic mass is 16.5. The van der Waals surface area contributed by atoms with Crippen LogP contribution in [0.4, 0.5) is 0 Å². The third-order valence-electron chi connectivity index (χ3n) is 7.08. The van der Waals surface area contributed by atoms with E-state index in [0.717, 1.165) is 6.42 Å². The Morgan fingerprint density at radius 1 is 1.23 bits per heavy atom. The van der Waals surface area contributed by atoms with E-state index in [1.165, 1.54) is 5.57 Å². The number of carbonyl (C=O) groups excluding carboxylic acids is 1. The lowest BCUT2D eigenvalue weighted by Crippen LogP contribution is -2.43. The first-order valence-corrected chi connectivity index (χ1v) is 11.6. The minimum Gasteiger partial charge on any atom is -0.481 e. The van der Waals surface area contributed by atoms with Crippen molar-refractivity contribution >= 4 is 11.9 Å². The third-order valence-corrected chi connectivity index (χ3v) is 7.08. The normalized spacial score (nSPS) is 30.2. The Labute approximate surface area is 186 Å². The average molecular weight is 437 g/mol. The first kappa shape index (κ1) is 25.6. The number of carboxylic acid groups (broad SMARTS) is 1. The van der Waals surface area contributed by atoms with Crippen LogP contribution in [0.1, 0.15) is 73.1 Å². The molecule has 0 radical (unpaired) electrons. The number of hydrogen-bond donors (Lipinski definition) is 3. The molecule has 0 fully saturated rings. The van der Waals surface area contributed by atoms with Gasteiger partial charge in [0.25, 0.3) is 0 Å². The van der Waals surface area contributed by atoms with Crippen molar-refractivity contribution in [3.05, 3.63) is 23.8 Å². The molecule has 0 saturated heterocycles. The van der Waals surface area contributed by atoms with Crippen LogP contribution in [0, 0.1) is 29.1 Å². The Kier molecular flexibility index (Phi) is 8.90. The number of aliphatic carboxylic acids is 1. The van der Waals surface area contributed by atoms with Gasteiger partial charge in [0.1, 0.15) is 6.10 Å². The van der Waals surface area contributed by atoms with Crippen LogP contribution in [-0.4, -0.2) is 45.6 Å². The summed E-state index contributed by atoms with van der Waals surface area (Å²) in [5.74, 6) is -0.347. The van der Waals surface area contributed by atoms with E-state index >= 15 is 0 Å². The monoisotopic (exact) mass is 436 g/mol. The van der Waals surface area contributed by atoms with Gasteiger partial charge in [-0.25, -0.2) is 0 Å². The van der Waals surface area contributed by atoms with Crippen LogP contribution < -0.4 is 0 Å². The fourth-order valence-corrected chi connectivity index (χ4v) is 4.76. The first-order valence-electron chi connectivity index (χ1n) is 11.6. The van der Waals surface area contributed by atoms with E-state index in [-0.39, 0.29) is 42.7 Å². The number of carbonyl (C=O) groups is 2. The van der Waals surface area contributed by atoms with Crippen LogP contribution in [0.15, 0.2) is 23.8 Å². The van der Waals surface area contributed by atoms with E-state index in [1.807, 2.05) is 20.8 Å². The molecule has 0 heterocycles. The Morgan fingerprint density at radius 2 is 1.90 bits per heavy atom. The van der Waals surface area contributed by atoms with Gasteiger partial charge >= 0.3 is 11.9 Å². The lowest BCUT2D eigenvalue weighted by Gasteiger charge is -2.44. The van der Waals surface area contributed by atoms with Crippen LogP contribution in [-0.2, 0) is 14.3 Å². The number of aliphatic hydroxyl groups excluding tert-OH is 2. The van der Waals surface area contributed by atoms with E-state index in [4.69, 9.17) is 9.84 Å². The second-order valence-corrected chi connectivity index (χ2v) is 10.2. The summed E-state index contributed by atoms with van der Waals surface area (Å²) in [7, 11) is 0. The smallest absolute Gasteiger partial charge is 0.311 e. The third kappa shape index (κ3) is 6.91. The molecule has 0 aromatic heterocycles. The number of aliphatic hydroxyl groups is 2. The molecule has 0 saturated carbocycles. The van der Waals surface area contributed by atoms with Crippen LogP contribution in [0.2, 0.25) is 0 Å². The Morgan fingerprint density at radius 3 is 2.52 bits per heavy atom. The van der Waals surface area contributed by atoms with Crippen molar-refractivity contribution < 1.29 is 29.6 Å². The van der Waals surface area contributed by atoms with Crippen LogP contribution in [0.3, 0.4) is 0 Å². The second-order valence-electron chi connectivity index (χ2n) is 10.2. The predicted octanol–water partition coefficient (Wildman–Crippen LogP) is 4.11. The summed E-state index contributed by atoms with van der Waals surface area (Å²) in [6, 6.07) is 0. The molecule has 6 nitrogen and oxygen atoms in total. The van der Waals surface area contributed by atoms with E-state index in [1.54, 1.807) is 0 Å². The van der Waals surface area contributed by atoms with Gasteiger partial charge in [-0.3, -0.25) is 9.59 Å². The topological polar surface area (TPSA) is 104 Å². The highest BCUT2D eigenvalue weighted by Gasteiger charge is 2.42. The zero-order valence-corrected chi connectivity index (χ0v) is 19.6. The number of fused-ring (bicyclic) bond motifs is 1. The fourth-order valence-electron chi connectivity index (χ4n) is 4.76. The summed E-state index contributed by atoms with van der Waals surface area (Å²) >= 11 is 0. The molecule has 0 bridgehead atoms. The van der Waals surface area contributed by atoms with E-state index < -0.39 is 23.6 Å². The van der Waals surface area contributed by atoms with Gasteiger partial charge in [0.05, 0.1) is 24.0 Å². The molecule has 2 aliphatic rings. The minimum absolute atomic E-state index is 0.0523.